The van der Waals surface area contributed by atoms with E-state index >= 15 is 0 Å². The predicted molar refractivity (Wildman–Crippen MR) is 60.4 cm³/mol. The maximum atomic E-state index is 12.9. The number of Topliss-reactive ketones (excluding diaryl/α,β-unsaturated/α-hetero) is 1. The average molecular weight is 271 g/mol. The van der Waals surface area contributed by atoms with Crippen LogP contribution in [0.5, 0.6) is 0 Å². The van der Waals surface area contributed by atoms with Gasteiger partial charge in [0.2, 0.25) is 0 Å². The van der Waals surface area contributed by atoms with Crippen molar-refractivity contribution in [1.82, 2.24) is 0 Å². The van der Waals surface area contributed by atoms with Crippen molar-refractivity contribution in [3.63, 3.8) is 0 Å². The van der Waals surface area contributed by atoms with E-state index < -0.39 is 0 Å². The van der Waals surface area contributed by atoms with Gasteiger partial charge in [-0.3, -0.25) is 4.79 Å². The Morgan fingerprint density at radius 2 is 2.20 bits per heavy atom. The van der Waals surface area contributed by atoms with Crippen LogP contribution in [0, 0.1) is 11.7 Å². The third kappa shape index (κ3) is 2.88. The van der Waals surface area contributed by atoms with Crippen molar-refractivity contribution in [3.05, 3.63) is 34.1 Å². The lowest BCUT2D eigenvalue weighted by Gasteiger charge is -2.03. The molecule has 0 heterocycles. The molecule has 1 nitrogen and oxygen atoms in total. The predicted octanol–water partition coefficient (Wildman–Crippen LogP) is 3.96. The van der Waals surface area contributed by atoms with Crippen molar-refractivity contribution in [3.8, 4) is 0 Å². The summed E-state index contributed by atoms with van der Waals surface area (Å²) < 4.78 is 13.6. The molecule has 0 aliphatic heterocycles. The van der Waals surface area contributed by atoms with Crippen molar-refractivity contribution >= 4 is 21.7 Å². The van der Waals surface area contributed by atoms with Crippen molar-refractivity contribution in [2.24, 2.45) is 5.92 Å². The zero-order valence-corrected chi connectivity index (χ0v) is 9.89. The molecule has 1 fully saturated rings. The Labute approximate surface area is 96.8 Å². The minimum Gasteiger partial charge on any atom is -0.294 e. The van der Waals surface area contributed by atoms with Gasteiger partial charge in [0.05, 0.1) is 0 Å². The third-order valence-corrected chi connectivity index (χ3v) is 3.40. The van der Waals surface area contributed by atoms with Crippen LogP contribution in [0.2, 0.25) is 0 Å². The Morgan fingerprint density at radius 1 is 1.47 bits per heavy atom. The van der Waals surface area contributed by atoms with E-state index in [0.717, 1.165) is 12.3 Å². The minimum atomic E-state index is -0.354. The van der Waals surface area contributed by atoms with E-state index in [1.54, 1.807) is 6.07 Å². The molecule has 0 bridgehead atoms. The summed E-state index contributed by atoms with van der Waals surface area (Å²) >= 11 is 3.27. The Bertz CT molecular complexity index is 385. The van der Waals surface area contributed by atoms with Gasteiger partial charge in [0.15, 0.2) is 5.78 Å². The van der Waals surface area contributed by atoms with Gasteiger partial charge in [-0.25, -0.2) is 4.39 Å². The van der Waals surface area contributed by atoms with Gasteiger partial charge >= 0.3 is 0 Å². The SMILES string of the molecule is O=C(CCC1CC1)c1cc(F)ccc1Br. The molecule has 1 aromatic carbocycles. The van der Waals surface area contributed by atoms with Gasteiger partial charge in [0.25, 0.3) is 0 Å². The summed E-state index contributed by atoms with van der Waals surface area (Å²) in [6.45, 7) is 0. The van der Waals surface area contributed by atoms with Crippen LogP contribution in [0.25, 0.3) is 0 Å². The molecule has 0 saturated heterocycles. The lowest BCUT2D eigenvalue weighted by Crippen LogP contribution is -2.01. The molecule has 1 aliphatic rings. The zero-order valence-electron chi connectivity index (χ0n) is 8.30. The lowest BCUT2D eigenvalue weighted by molar-refractivity contribution is 0.0977. The molecule has 2 rings (SSSR count). The number of carbonyl (C=O) groups excluding carboxylic acids is 1. The molecule has 3 heteroatoms. The van der Waals surface area contributed by atoms with Crippen LogP contribution in [0.15, 0.2) is 22.7 Å². The summed E-state index contributed by atoms with van der Waals surface area (Å²) in [7, 11) is 0. The Hall–Kier alpha value is -0.700. The minimum absolute atomic E-state index is 0.0354. The number of halogens is 2. The normalized spacial score (nSPS) is 15.3. The molecule has 1 aliphatic carbocycles. The Balaban J connectivity index is 2.05. The second-order valence-corrected chi connectivity index (χ2v) is 4.88. The van der Waals surface area contributed by atoms with Gasteiger partial charge in [0.1, 0.15) is 5.82 Å². The lowest BCUT2D eigenvalue weighted by atomic mass is 10.1. The molecule has 0 unspecified atom stereocenters. The largest absolute Gasteiger partial charge is 0.294 e. The summed E-state index contributed by atoms with van der Waals surface area (Å²) in [5.74, 6) is 0.419. The van der Waals surface area contributed by atoms with Crippen molar-refractivity contribution in [1.29, 1.82) is 0 Å². The first-order valence-electron chi connectivity index (χ1n) is 5.15. The molecule has 0 N–H and O–H groups in total. The highest BCUT2D eigenvalue weighted by molar-refractivity contribution is 9.10. The van der Waals surface area contributed by atoms with Gasteiger partial charge in [-0.2, -0.15) is 0 Å². The number of carbonyl (C=O) groups is 1. The maximum Gasteiger partial charge on any atom is 0.164 e. The first-order valence-corrected chi connectivity index (χ1v) is 5.94. The average Bonchev–Trinajstić information content (AvgIpc) is 3.02. The highest BCUT2D eigenvalue weighted by Crippen LogP contribution is 2.34. The van der Waals surface area contributed by atoms with Gasteiger partial charge in [-0.1, -0.05) is 28.8 Å². The highest BCUT2D eigenvalue weighted by Gasteiger charge is 2.22. The van der Waals surface area contributed by atoms with Crippen molar-refractivity contribution in [2.45, 2.75) is 25.7 Å². The summed E-state index contributed by atoms with van der Waals surface area (Å²) in [4.78, 5) is 11.8. The molecular weight excluding hydrogens is 259 g/mol. The van der Waals surface area contributed by atoms with Gasteiger partial charge in [-0.05, 0) is 30.5 Å². The number of hydrogen-bond acceptors (Lipinski definition) is 1. The van der Waals surface area contributed by atoms with Crippen LogP contribution in [-0.4, -0.2) is 5.78 Å². The molecule has 0 radical (unpaired) electrons. The summed E-state index contributed by atoms with van der Waals surface area (Å²) in [5, 5.41) is 0. The van der Waals surface area contributed by atoms with E-state index in [4.69, 9.17) is 0 Å². The molecule has 1 aromatic rings. The molecule has 0 atom stereocenters. The topological polar surface area (TPSA) is 17.1 Å². The fourth-order valence-corrected chi connectivity index (χ4v) is 2.06. The number of rotatable bonds is 4. The summed E-state index contributed by atoms with van der Waals surface area (Å²) in [6, 6.07) is 4.24. The molecular formula is C12H12BrFO. The van der Waals surface area contributed by atoms with E-state index in [2.05, 4.69) is 15.9 Å². The second-order valence-electron chi connectivity index (χ2n) is 4.03. The van der Waals surface area contributed by atoms with E-state index in [1.165, 1.54) is 25.0 Å². The molecule has 0 aromatic heterocycles. The fourth-order valence-electron chi connectivity index (χ4n) is 1.59. The Kier molecular flexibility index (Phi) is 3.19. The quantitative estimate of drug-likeness (QED) is 0.757. The van der Waals surface area contributed by atoms with Crippen molar-refractivity contribution < 1.29 is 9.18 Å². The molecule has 1 saturated carbocycles. The van der Waals surface area contributed by atoms with Crippen LogP contribution in [0.4, 0.5) is 4.39 Å². The first-order chi connectivity index (χ1) is 7.16. The third-order valence-electron chi connectivity index (χ3n) is 2.71. The van der Waals surface area contributed by atoms with Crippen molar-refractivity contribution in [2.75, 3.05) is 0 Å². The highest BCUT2D eigenvalue weighted by atomic mass is 79.9. The summed E-state index contributed by atoms with van der Waals surface area (Å²) in [6.07, 6.45) is 3.98. The number of ketones is 1. The first kappa shape index (κ1) is 10.8. The number of benzene rings is 1. The molecule has 80 valence electrons. The summed E-state index contributed by atoms with van der Waals surface area (Å²) in [5.41, 5.74) is 0.468. The van der Waals surface area contributed by atoms with Crippen LogP contribution in [0.3, 0.4) is 0 Å². The second kappa shape index (κ2) is 4.44. The van der Waals surface area contributed by atoms with E-state index in [-0.39, 0.29) is 11.6 Å². The van der Waals surface area contributed by atoms with Crippen LogP contribution in [-0.2, 0) is 0 Å². The maximum absolute atomic E-state index is 12.9. The van der Waals surface area contributed by atoms with E-state index in [0.29, 0.717) is 16.5 Å². The molecule has 0 amide bonds. The molecule has 0 spiro atoms. The van der Waals surface area contributed by atoms with Gasteiger partial charge in [0, 0.05) is 16.5 Å². The van der Waals surface area contributed by atoms with E-state index in [9.17, 15) is 9.18 Å². The van der Waals surface area contributed by atoms with Gasteiger partial charge < -0.3 is 0 Å². The van der Waals surface area contributed by atoms with Gasteiger partial charge in [-0.15, -0.1) is 0 Å². The molecule has 15 heavy (non-hydrogen) atoms. The fraction of sp³-hybridized carbons (Fsp3) is 0.417. The van der Waals surface area contributed by atoms with E-state index in [1.807, 2.05) is 0 Å². The smallest absolute Gasteiger partial charge is 0.164 e. The standard InChI is InChI=1S/C12H12BrFO/c13-11-5-4-9(14)7-10(11)12(15)6-3-8-1-2-8/h4-5,7-8H,1-3,6H2. The van der Waals surface area contributed by atoms with Crippen LogP contribution >= 0.6 is 15.9 Å². The Morgan fingerprint density at radius 3 is 2.87 bits per heavy atom. The van der Waals surface area contributed by atoms with Crippen LogP contribution in [0.1, 0.15) is 36.0 Å². The zero-order chi connectivity index (χ0) is 10.8. The number of hydrogen-bond donors (Lipinski definition) is 0. The monoisotopic (exact) mass is 270 g/mol. The van der Waals surface area contributed by atoms with Crippen LogP contribution < -0.4 is 0 Å².